The maximum absolute atomic E-state index is 14.1. The van der Waals surface area contributed by atoms with E-state index in [1.807, 2.05) is 78.9 Å². The first-order valence-electron chi connectivity index (χ1n) is 12.6. The van der Waals surface area contributed by atoms with E-state index < -0.39 is 18.0 Å². The highest BCUT2D eigenvalue weighted by molar-refractivity contribution is 7.13. The maximum atomic E-state index is 14.1. The standard InChI is InChI=1S/C30H24N6O3S/c1-18(37)31-30-32-21(17-40-30)16-36-25-14-8-6-12-22(25)26(19-9-3-2-4-10-19)34-27(29(36)39)35-28(38)24-15-20-11-5-7-13-23(20)33-24/h2-15,17,27,33H,16H2,1H3,(H,35,38)(H,31,32,37). The molecule has 3 N–H and O–H groups in total. The summed E-state index contributed by atoms with van der Waals surface area (Å²) in [5, 5.41) is 8.66. The Hall–Kier alpha value is -5.09. The van der Waals surface area contributed by atoms with Crippen LogP contribution in [0.3, 0.4) is 0 Å². The largest absolute Gasteiger partial charge is 0.351 e. The van der Waals surface area contributed by atoms with Crippen molar-refractivity contribution in [3.8, 4) is 0 Å². The molecule has 3 amide bonds. The van der Waals surface area contributed by atoms with Crippen LogP contribution in [0, 0.1) is 0 Å². The molecule has 0 spiro atoms. The van der Waals surface area contributed by atoms with Gasteiger partial charge in [0.05, 0.1) is 23.6 Å². The summed E-state index contributed by atoms with van der Waals surface area (Å²) >= 11 is 1.28. The van der Waals surface area contributed by atoms with Crippen molar-refractivity contribution >= 4 is 56.5 Å². The molecule has 0 bridgehead atoms. The molecule has 1 unspecified atom stereocenters. The van der Waals surface area contributed by atoms with Gasteiger partial charge in [-0.3, -0.25) is 14.4 Å². The fourth-order valence-corrected chi connectivity index (χ4v) is 5.41. The number of benzene rings is 3. The van der Waals surface area contributed by atoms with Gasteiger partial charge < -0.3 is 20.5 Å². The number of fused-ring (bicyclic) bond motifs is 2. The second-order valence-corrected chi connectivity index (χ2v) is 10.1. The van der Waals surface area contributed by atoms with Crippen molar-refractivity contribution in [3.63, 3.8) is 0 Å². The molecule has 0 aliphatic carbocycles. The van der Waals surface area contributed by atoms with E-state index in [-0.39, 0.29) is 12.5 Å². The van der Waals surface area contributed by atoms with Gasteiger partial charge in [0.2, 0.25) is 12.1 Å². The number of aromatic nitrogens is 2. The van der Waals surface area contributed by atoms with Gasteiger partial charge in [-0.2, -0.15) is 0 Å². The summed E-state index contributed by atoms with van der Waals surface area (Å²) < 4.78 is 0. The molecular weight excluding hydrogens is 524 g/mol. The number of H-pyrrole nitrogens is 1. The number of aromatic amines is 1. The first-order valence-corrected chi connectivity index (χ1v) is 13.5. The number of benzodiazepines with no additional fused rings is 1. The van der Waals surface area contributed by atoms with Crippen LogP contribution in [-0.4, -0.2) is 39.6 Å². The summed E-state index contributed by atoms with van der Waals surface area (Å²) in [6.45, 7) is 1.54. The van der Waals surface area contributed by atoms with Gasteiger partial charge in [-0.05, 0) is 18.2 Å². The lowest BCUT2D eigenvalue weighted by Gasteiger charge is -2.24. The molecule has 6 rings (SSSR count). The van der Waals surface area contributed by atoms with Gasteiger partial charge in [0, 0.05) is 34.3 Å². The van der Waals surface area contributed by atoms with E-state index in [1.54, 1.807) is 16.3 Å². The molecule has 5 aromatic rings. The number of thiazole rings is 1. The number of hydrogen-bond acceptors (Lipinski definition) is 6. The number of para-hydroxylation sites is 2. The van der Waals surface area contributed by atoms with Gasteiger partial charge in [-0.15, -0.1) is 11.3 Å². The summed E-state index contributed by atoms with van der Waals surface area (Å²) in [4.78, 5) is 53.0. The van der Waals surface area contributed by atoms with Crippen LogP contribution in [-0.2, 0) is 16.1 Å². The van der Waals surface area contributed by atoms with Crippen molar-refractivity contribution in [1.29, 1.82) is 0 Å². The third-order valence-corrected chi connectivity index (χ3v) is 7.26. The molecule has 3 heterocycles. The number of aliphatic imine (C=N–C) groups is 1. The van der Waals surface area contributed by atoms with Crippen LogP contribution in [0.4, 0.5) is 10.8 Å². The molecule has 40 heavy (non-hydrogen) atoms. The molecule has 198 valence electrons. The monoisotopic (exact) mass is 548 g/mol. The van der Waals surface area contributed by atoms with Gasteiger partial charge in [-0.25, -0.2) is 9.98 Å². The highest BCUT2D eigenvalue weighted by Crippen LogP contribution is 2.30. The number of anilines is 2. The Morgan fingerprint density at radius 3 is 2.55 bits per heavy atom. The van der Waals surface area contributed by atoms with E-state index in [2.05, 4.69) is 20.6 Å². The molecule has 0 saturated carbocycles. The van der Waals surface area contributed by atoms with E-state index in [0.717, 1.165) is 22.0 Å². The molecule has 0 saturated heterocycles. The Kier molecular flexibility index (Phi) is 6.67. The summed E-state index contributed by atoms with van der Waals surface area (Å²) in [6.07, 6.45) is -1.20. The number of carbonyl (C=O) groups excluding carboxylic acids is 3. The van der Waals surface area contributed by atoms with Crippen LogP contribution in [0.5, 0.6) is 0 Å². The van der Waals surface area contributed by atoms with E-state index in [1.165, 1.54) is 18.3 Å². The zero-order valence-corrected chi connectivity index (χ0v) is 22.2. The minimum Gasteiger partial charge on any atom is -0.351 e. The lowest BCUT2D eigenvalue weighted by atomic mass is 10.0. The van der Waals surface area contributed by atoms with Crippen molar-refractivity contribution < 1.29 is 14.4 Å². The van der Waals surface area contributed by atoms with Gasteiger partial charge in [0.15, 0.2) is 5.13 Å². The van der Waals surface area contributed by atoms with Crippen molar-refractivity contribution in [2.45, 2.75) is 19.6 Å². The van der Waals surface area contributed by atoms with E-state index in [4.69, 9.17) is 4.99 Å². The molecule has 10 heteroatoms. The first kappa shape index (κ1) is 25.2. The van der Waals surface area contributed by atoms with Crippen molar-refractivity contribution in [3.05, 3.63) is 113 Å². The third kappa shape index (κ3) is 4.99. The molecule has 3 aromatic carbocycles. The highest BCUT2D eigenvalue weighted by atomic mass is 32.1. The number of hydrogen-bond donors (Lipinski definition) is 3. The van der Waals surface area contributed by atoms with Crippen molar-refractivity contribution in [2.75, 3.05) is 10.2 Å². The Labute approximate surface area is 233 Å². The molecule has 0 fully saturated rings. The van der Waals surface area contributed by atoms with Crippen LogP contribution in [0.25, 0.3) is 10.9 Å². The zero-order valence-electron chi connectivity index (χ0n) is 21.4. The molecule has 2 aromatic heterocycles. The summed E-state index contributed by atoms with van der Waals surface area (Å²) in [5.74, 6) is -1.08. The van der Waals surface area contributed by atoms with Crippen LogP contribution in [0.2, 0.25) is 0 Å². The fraction of sp³-hybridized carbons (Fsp3) is 0.100. The maximum Gasteiger partial charge on any atom is 0.272 e. The minimum absolute atomic E-state index is 0.127. The minimum atomic E-state index is -1.20. The normalized spacial score (nSPS) is 14.8. The molecule has 1 aliphatic rings. The number of rotatable bonds is 6. The number of amides is 3. The van der Waals surface area contributed by atoms with E-state index >= 15 is 0 Å². The average Bonchev–Trinajstić information content (AvgIpc) is 3.58. The van der Waals surface area contributed by atoms with Gasteiger partial charge in [0.1, 0.15) is 5.69 Å². The predicted octanol–water partition coefficient (Wildman–Crippen LogP) is 4.72. The number of nitrogens with zero attached hydrogens (tertiary/aromatic N) is 3. The Balaban J connectivity index is 1.41. The topological polar surface area (TPSA) is 120 Å². The Morgan fingerprint density at radius 1 is 1.00 bits per heavy atom. The summed E-state index contributed by atoms with van der Waals surface area (Å²) in [5.41, 5.74) is 4.55. The predicted molar refractivity (Wildman–Crippen MR) is 156 cm³/mol. The molecule has 1 aliphatic heterocycles. The molecule has 9 nitrogen and oxygen atoms in total. The summed E-state index contributed by atoms with van der Waals surface area (Å²) in [6, 6.07) is 26.4. The molecule has 1 atom stereocenters. The lowest BCUT2D eigenvalue weighted by molar-refractivity contribution is -0.120. The van der Waals surface area contributed by atoms with Crippen LogP contribution < -0.4 is 15.5 Å². The Bertz CT molecular complexity index is 1740. The number of nitrogens with one attached hydrogen (secondary N) is 3. The summed E-state index contributed by atoms with van der Waals surface area (Å²) in [7, 11) is 0. The van der Waals surface area contributed by atoms with E-state index in [9.17, 15) is 14.4 Å². The van der Waals surface area contributed by atoms with Gasteiger partial charge in [0.25, 0.3) is 11.8 Å². The van der Waals surface area contributed by atoms with Gasteiger partial charge in [-0.1, -0.05) is 66.7 Å². The highest BCUT2D eigenvalue weighted by Gasteiger charge is 2.34. The second kappa shape index (κ2) is 10.6. The SMILES string of the molecule is CC(=O)Nc1nc(CN2C(=O)C(NC(=O)c3cc4ccccc4[nH]3)N=C(c3ccccc3)c3ccccc32)cs1. The molecular formula is C30H24N6O3S. The smallest absolute Gasteiger partial charge is 0.272 e. The third-order valence-electron chi connectivity index (χ3n) is 6.45. The zero-order chi connectivity index (χ0) is 27.6. The Morgan fingerprint density at radius 2 is 1.75 bits per heavy atom. The first-order chi connectivity index (χ1) is 19.5. The van der Waals surface area contributed by atoms with Gasteiger partial charge >= 0.3 is 0 Å². The lowest BCUT2D eigenvalue weighted by Crippen LogP contribution is -2.47. The van der Waals surface area contributed by atoms with Crippen molar-refractivity contribution in [2.24, 2.45) is 4.99 Å². The quantitative estimate of drug-likeness (QED) is 0.284. The van der Waals surface area contributed by atoms with Crippen LogP contribution in [0.1, 0.15) is 34.2 Å². The fourth-order valence-electron chi connectivity index (χ4n) is 4.66. The second-order valence-electron chi connectivity index (χ2n) is 9.26. The number of carbonyl (C=O) groups is 3. The van der Waals surface area contributed by atoms with Crippen molar-refractivity contribution in [1.82, 2.24) is 15.3 Å². The van der Waals surface area contributed by atoms with Crippen LogP contribution >= 0.6 is 11.3 Å². The average molecular weight is 549 g/mol. The van der Waals surface area contributed by atoms with Crippen LogP contribution in [0.15, 0.2) is 95.3 Å². The van der Waals surface area contributed by atoms with E-state index in [0.29, 0.717) is 27.9 Å². The molecule has 0 radical (unpaired) electrons.